The highest BCUT2D eigenvalue weighted by Gasteiger charge is 2.04. The van der Waals surface area contributed by atoms with Crippen LogP contribution in [0, 0.1) is 6.92 Å². The Labute approximate surface area is 127 Å². The minimum atomic E-state index is 0.682. The lowest BCUT2D eigenvalue weighted by Crippen LogP contribution is -2.02. The molecular formula is C16H16N4S. The topological polar surface area (TPSA) is 50.7 Å². The third-order valence-corrected chi connectivity index (χ3v) is 3.95. The monoisotopic (exact) mass is 296 g/mol. The molecular weight excluding hydrogens is 280 g/mol. The molecule has 0 atom stereocenters. The molecule has 0 unspecified atom stereocenters. The number of hydrogen-bond donors (Lipinski definition) is 1. The molecule has 3 rings (SSSR count). The molecule has 3 aromatic rings. The van der Waals surface area contributed by atoms with Crippen molar-refractivity contribution in [3.05, 3.63) is 70.1 Å². The van der Waals surface area contributed by atoms with E-state index in [9.17, 15) is 0 Å². The summed E-state index contributed by atoms with van der Waals surface area (Å²) in [5, 5.41) is 6.50. The second kappa shape index (κ2) is 6.45. The van der Waals surface area contributed by atoms with Gasteiger partial charge in [0.2, 0.25) is 0 Å². The van der Waals surface area contributed by atoms with Crippen LogP contribution in [0.2, 0.25) is 0 Å². The SMILES string of the molecule is Cc1cc(NCc2csc(Cc3ccccc3)n2)ncn1. The summed E-state index contributed by atoms with van der Waals surface area (Å²) in [4.78, 5) is 12.9. The summed E-state index contributed by atoms with van der Waals surface area (Å²) >= 11 is 1.70. The summed E-state index contributed by atoms with van der Waals surface area (Å²) in [5.41, 5.74) is 3.29. The standard InChI is InChI=1S/C16H16N4S/c1-12-7-15(19-11-18-12)17-9-14-10-21-16(20-14)8-13-5-3-2-4-6-13/h2-7,10-11H,8-9H2,1H3,(H,17,18,19). The van der Waals surface area contributed by atoms with E-state index in [0.717, 1.165) is 28.6 Å². The van der Waals surface area contributed by atoms with Gasteiger partial charge in [0.25, 0.3) is 0 Å². The van der Waals surface area contributed by atoms with Crippen LogP contribution in [0.15, 0.2) is 48.1 Å². The van der Waals surface area contributed by atoms with Gasteiger partial charge in [-0.15, -0.1) is 11.3 Å². The maximum Gasteiger partial charge on any atom is 0.129 e. The molecule has 0 amide bonds. The Hall–Kier alpha value is -2.27. The van der Waals surface area contributed by atoms with E-state index in [-0.39, 0.29) is 0 Å². The minimum Gasteiger partial charge on any atom is -0.364 e. The molecule has 0 aliphatic carbocycles. The second-order valence-electron chi connectivity index (χ2n) is 4.79. The third kappa shape index (κ3) is 3.86. The van der Waals surface area contributed by atoms with E-state index in [0.29, 0.717) is 6.54 Å². The van der Waals surface area contributed by atoms with E-state index >= 15 is 0 Å². The number of rotatable bonds is 5. The number of nitrogens with zero attached hydrogens (tertiary/aromatic N) is 3. The molecule has 2 aromatic heterocycles. The van der Waals surface area contributed by atoms with Gasteiger partial charge in [0, 0.05) is 23.6 Å². The summed E-state index contributed by atoms with van der Waals surface area (Å²) < 4.78 is 0. The lowest BCUT2D eigenvalue weighted by Gasteiger charge is -2.03. The fourth-order valence-corrected chi connectivity index (χ4v) is 2.84. The number of benzene rings is 1. The Morgan fingerprint density at radius 3 is 2.81 bits per heavy atom. The molecule has 0 radical (unpaired) electrons. The molecule has 5 heteroatoms. The van der Waals surface area contributed by atoms with Gasteiger partial charge in [-0.25, -0.2) is 15.0 Å². The highest BCUT2D eigenvalue weighted by molar-refractivity contribution is 7.09. The van der Waals surface area contributed by atoms with Gasteiger partial charge < -0.3 is 5.32 Å². The van der Waals surface area contributed by atoms with Crippen LogP contribution in [0.25, 0.3) is 0 Å². The van der Waals surface area contributed by atoms with Crippen LogP contribution < -0.4 is 5.32 Å². The number of nitrogens with one attached hydrogen (secondary N) is 1. The lowest BCUT2D eigenvalue weighted by molar-refractivity contribution is 1.00. The highest BCUT2D eigenvalue weighted by atomic mass is 32.1. The van der Waals surface area contributed by atoms with Crippen molar-refractivity contribution in [3.63, 3.8) is 0 Å². The summed E-state index contributed by atoms with van der Waals surface area (Å²) in [6, 6.07) is 12.3. The van der Waals surface area contributed by atoms with Crippen LogP contribution in [-0.2, 0) is 13.0 Å². The van der Waals surface area contributed by atoms with Gasteiger partial charge >= 0.3 is 0 Å². The van der Waals surface area contributed by atoms with E-state index in [1.54, 1.807) is 17.7 Å². The van der Waals surface area contributed by atoms with Crippen molar-refractivity contribution in [3.8, 4) is 0 Å². The molecule has 0 saturated heterocycles. The summed E-state index contributed by atoms with van der Waals surface area (Å²) in [5.74, 6) is 0.833. The van der Waals surface area contributed by atoms with Crippen LogP contribution in [0.4, 0.5) is 5.82 Å². The maximum absolute atomic E-state index is 4.66. The first-order chi connectivity index (χ1) is 10.3. The van der Waals surface area contributed by atoms with Crippen molar-refractivity contribution in [1.29, 1.82) is 0 Å². The maximum atomic E-state index is 4.66. The zero-order valence-electron chi connectivity index (χ0n) is 11.8. The zero-order chi connectivity index (χ0) is 14.5. The molecule has 0 spiro atoms. The fraction of sp³-hybridized carbons (Fsp3) is 0.188. The molecule has 106 valence electrons. The first-order valence-electron chi connectivity index (χ1n) is 6.79. The van der Waals surface area contributed by atoms with Crippen LogP contribution in [0.5, 0.6) is 0 Å². The normalized spacial score (nSPS) is 10.5. The predicted octanol–water partition coefficient (Wildman–Crippen LogP) is 3.44. The minimum absolute atomic E-state index is 0.682. The Kier molecular flexibility index (Phi) is 4.21. The average Bonchev–Trinajstić information content (AvgIpc) is 2.94. The molecule has 0 bridgehead atoms. The molecule has 0 saturated carbocycles. The van der Waals surface area contributed by atoms with E-state index in [1.807, 2.05) is 19.1 Å². The van der Waals surface area contributed by atoms with Gasteiger partial charge in [0.15, 0.2) is 0 Å². The Bertz CT molecular complexity index is 709. The first kappa shape index (κ1) is 13.7. The molecule has 0 aliphatic heterocycles. The first-order valence-corrected chi connectivity index (χ1v) is 7.67. The van der Waals surface area contributed by atoms with Crippen molar-refractivity contribution in [2.75, 3.05) is 5.32 Å². The third-order valence-electron chi connectivity index (χ3n) is 3.05. The van der Waals surface area contributed by atoms with Crippen molar-refractivity contribution in [2.24, 2.45) is 0 Å². The quantitative estimate of drug-likeness (QED) is 0.783. The van der Waals surface area contributed by atoms with Crippen LogP contribution >= 0.6 is 11.3 Å². The molecule has 0 aliphatic rings. The smallest absolute Gasteiger partial charge is 0.129 e. The van der Waals surface area contributed by atoms with E-state index in [4.69, 9.17) is 0 Å². The Morgan fingerprint density at radius 1 is 1.14 bits per heavy atom. The summed E-state index contributed by atoms with van der Waals surface area (Å²) in [6.45, 7) is 2.63. The zero-order valence-corrected chi connectivity index (χ0v) is 12.6. The van der Waals surface area contributed by atoms with Crippen molar-refractivity contribution in [2.45, 2.75) is 19.9 Å². The van der Waals surface area contributed by atoms with Gasteiger partial charge in [-0.05, 0) is 12.5 Å². The van der Waals surface area contributed by atoms with Gasteiger partial charge in [-0.3, -0.25) is 0 Å². The van der Waals surface area contributed by atoms with E-state index in [1.165, 1.54) is 5.56 Å². The fourth-order valence-electron chi connectivity index (χ4n) is 2.01. The molecule has 1 N–H and O–H groups in total. The van der Waals surface area contributed by atoms with Crippen LogP contribution in [0.3, 0.4) is 0 Å². The number of hydrogen-bond acceptors (Lipinski definition) is 5. The van der Waals surface area contributed by atoms with E-state index < -0.39 is 0 Å². The Balaban J connectivity index is 1.60. The van der Waals surface area contributed by atoms with Gasteiger partial charge in [-0.1, -0.05) is 30.3 Å². The van der Waals surface area contributed by atoms with Crippen LogP contribution in [0.1, 0.15) is 22.0 Å². The molecule has 0 fully saturated rings. The van der Waals surface area contributed by atoms with Crippen molar-refractivity contribution < 1.29 is 0 Å². The molecule has 4 nitrogen and oxygen atoms in total. The van der Waals surface area contributed by atoms with Gasteiger partial charge in [-0.2, -0.15) is 0 Å². The van der Waals surface area contributed by atoms with Crippen LogP contribution in [-0.4, -0.2) is 15.0 Å². The number of aryl methyl sites for hydroxylation is 1. The number of aromatic nitrogens is 3. The molecule has 21 heavy (non-hydrogen) atoms. The molecule has 2 heterocycles. The molecule has 1 aromatic carbocycles. The number of anilines is 1. The van der Waals surface area contributed by atoms with E-state index in [2.05, 4.69) is 49.9 Å². The predicted molar refractivity (Wildman–Crippen MR) is 85.5 cm³/mol. The van der Waals surface area contributed by atoms with Crippen molar-refractivity contribution in [1.82, 2.24) is 15.0 Å². The highest BCUT2D eigenvalue weighted by Crippen LogP contribution is 2.15. The van der Waals surface area contributed by atoms with Crippen molar-refractivity contribution >= 4 is 17.2 Å². The van der Waals surface area contributed by atoms with Gasteiger partial charge in [0.1, 0.15) is 12.1 Å². The Morgan fingerprint density at radius 2 is 2.00 bits per heavy atom. The largest absolute Gasteiger partial charge is 0.364 e. The second-order valence-corrected chi connectivity index (χ2v) is 5.74. The summed E-state index contributed by atoms with van der Waals surface area (Å²) in [6.07, 6.45) is 2.46. The lowest BCUT2D eigenvalue weighted by atomic mass is 10.2. The number of thiazole rings is 1. The average molecular weight is 296 g/mol. The summed E-state index contributed by atoms with van der Waals surface area (Å²) in [7, 11) is 0. The van der Waals surface area contributed by atoms with Gasteiger partial charge in [0.05, 0.1) is 17.2 Å².